The average molecular weight is 437 g/mol. The third-order valence-electron chi connectivity index (χ3n) is 7.05. The molecule has 32 heavy (non-hydrogen) atoms. The molecule has 168 valence electrons. The van der Waals surface area contributed by atoms with Gasteiger partial charge in [0.2, 0.25) is 0 Å². The van der Waals surface area contributed by atoms with Crippen LogP contribution in [0.5, 0.6) is 0 Å². The van der Waals surface area contributed by atoms with Crippen molar-refractivity contribution in [2.75, 3.05) is 39.5 Å². The van der Waals surface area contributed by atoms with Crippen LogP contribution in [0.4, 0.5) is 4.79 Å². The molecule has 2 N–H and O–H groups in total. The molecule has 0 unspecified atom stereocenters. The minimum atomic E-state index is -1.21. The molecule has 3 aliphatic rings. The van der Waals surface area contributed by atoms with Crippen LogP contribution in [0.1, 0.15) is 29.9 Å². The average Bonchev–Trinajstić information content (AvgIpc) is 3.43. The Morgan fingerprint density at radius 2 is 1.69 bits per heavy atom. The van der Waals surface area contributed by atoms with E-state index in [-0.39, 0.29) is 18.4 Å². The van der Waals surface area contributed by atoms with Crippen LogP contribution in [0.3, 0.4) is 0 Å². The van der Waals surface area contributed by atoms with Gasteiger partial charge in [-0.1, -0.05) is 48.5 Å². The lowest BCUT2D eigenvalue weighted by Crippen LogP contribution is -2.46. The Labute approximate surface area is 187 Å². The summed E-state index contributed by atoms with van der Waals surface area (Å²) in [5, 5.41) is 12.5. The molecule has 7 nitrogen and oxygen atoms in total. The predicted octanol–water partition coefficient (Wildman–Crippen LogP) is 3.09. The molecule has 1 amide bonds. The summed E-state index contributed by atoms with van der Waals surface area (Å²) in [6, 6.07) is 16.3. The number of rotatable bonds is 7. The first kappa shape index (κ1) is 21.0. The van der Waals surface area contributed by atoms with E-state index in [1.807, 2.05) is 24.3 Å². The lowest BCUT2D eigenvalue weighted by atomic mass is 9.98. The molecule has 2 aromatic rings. The molecule has 0 spiro atoms. The smallest absolute Gasteiger partial charge is 0.408 e. The van der Waals surface area contributed by atoms with Gasteiger partial charge in [-0.3, -0.25) is 4.90 Å². The molecule has 7 heteroatoms. The molecule has 2 aromatic carbocycles. The van der Waals surface area contributed by atoms with Crippen molar-refractivity contribution >= 4 is 12.1 Å². The Morgan fingerprint density at radius 1 is 1.06 bits per heavy atom. The summed E-state index contributed by atoms with van der Waals surface area (Å²) in [4.78, 5) is 26.9. The quantitative estimate of drug-likeness (QED) is 0.694. The minimum absolute atomic E-state index is 0.0507. The highest BCUT2D eigenvalue weighted by molar-refractivity contribution is 5.88. The zero-order valence-electron chi connectivity index (χ0n) is 18.0. The number of benzene rings is 2. The number of carbonyl (C=O) groups is 2. The van der Waals surface area contributed by atoms with Crippen LogP contribution in [-0.4, -0.2) is 67.1 Å². The number of hydrogen-bond acceptors (Lipinski definition) is 5. The number of carboxylic acids is 1. The molecule has 2 fully saturated rings. The molecule has 0 aromatic heterocycles. The minimum Gasteiger partial charge on any atom is -0.479 e. The highest BCUT2D eigenvalue weighted by Crippen LogP contribution is 2.47. The number of fused-ring (bicyclic) bond motifs is 3. The van der Waals surface area contributed by atoms with Gasteiger partial charge in [-0.15, -0.1) is 0 Å². The van der Waals surface area contributed by atoms with Crippen molar-refractivity contribution in [3.63, 3.8) is 0 Å². The maximum atomic E-state index is 12.6. The molecule has 1 saturated carbocycles. The van der Waals surface area contributed by atoms with Gasteiger partial charge in [-0.05, 0) is 47.6 Å². The maximum absolute atomic E-state index is 12.6. The fourth-order valence-corrected chi connectivity index (χ4v) is 5.13. The number of carboxylic acid groups (broad SMARTS) is 1. The molecular weight excluding hydrogens is 408 g/mol. The highest BCUT2D eigenvalue weighted by Gasteiger charge is 2.61. The Morgan fingerprint density at radius 3 is 2.31 bits per heavy atom. The third kappa shape index (κ3) is 3.87. The highest BCUT2D eigenvalue weighted by atomic mass is 16.5. The van der Waals surface area contributed by atoms with Gasteiger partial charge in [0.1, 0.15) is 12.1 Å². The lowest BCUT2D eigenvalue weighted by molar-refractivity contribution is -0.141. The zero-order valence-corrected chi connectivity index (χ0v) is 18.0. The number of nitrogens with zero attached hydrogens (tertiary/aromatic N) is 1. The van der Waals surface area contributed by atoms with Crippen molar-refractivity contribution in [1.29, 1.82) is 0 Å². The third-order valence-corrected chi connectivity index (χ3v) is 7.05. The van der Waals surface area contributed by atoms with E-state index in [1.165, 1.54) is 0 Å². The van der Waals surface area contributed by atoms with Gasteiger partial charge in [0.15, 0.2) is 0 Å². The van der Waals surface area contributed by atoms with E-state index in [0.717, 1.165) is 48.3 Å². The number of ether oxygens (including phenoxy) is 2. The fraction of sp³-hybridized carbons (Fsp3) is 0.440. The van der Waals surface area contributed by atoms with Crippen LogP contribution >= 0.6 is 0 Å². The summed E-state index contributed by atoms with van der Waals surface area (Å²) in [6.07, 6.45) is 0.510. The molecular formula is C25H28N2O5. The van der Waals surface area contributed by atoms with Gasteiger partial charge in [0.25, 0.3) is 0 Å². The van der Waals surface area contributed by atoms with E-state index in [2.05, 4.69) is 34.5 Å². The van der Waals surface area contributed by atoms with Crippen LogP contribution in [-0.2, 0) is 14.3 Å². The normalized spacial score (nSPS) is 24.4. The maximum Gasteiger partial charge on any atom is 0.408 e. The monoisotopic (exact) mass is 436 g/mol. The van der Waals surface area contributed by atoms with Crippen molar-refractivity contribution in [1.82, 2.24) is 10.2 Å². The summed E-state index contributed by atoms with van der Waals surface area (Å²) < 4.78 is 10.9. The van der Waals surface area contributed by atoms with Gasteiger partial charge >= 0.3 is 12.1 Å². The van der Waals surface area contributed by atoms with Crippen LogP contribution in [0.2, 0.25) is 0 Å². The first-order valence-corrected chi connectivity index (χ1v) is 11.2. The summed E-state index contributed by atoms with van der Waals surface area (Å²) >= 11 is 0. The van der Waals surface area contributed by atoms with E-state index < -0.39 is 17.6 Å². The fourth-order valence-electron chi connectivity index (χ4n) is 5.13. The molecule has 1 saturated heterocycles. The van der Waals surface area contributed by atoms with Gasteiger partial charge < -0.3 is 19.9 Å². The van der Waals surface area contributed by atoms with E-state index in [0.29, 0.717) is 19.6 Å². The molecule has 1 heterocycles. The van der Waals surface area contributed by atoms with Crippen molar-refractivity contribution in [3.05, 3.63) is 59.7 Å². The number of hydrogen-bond donors (Lipinski definition) is 2. The van der Waals surface area contributed by atoms with Gasteiger partial charge in [-0.2, -0.15) is 0 Å². The van der Waals surface area contributed by atoms with Crippen molar-refractivity contribution in [3.8, 4) is 11.1 Å². The Bertz CT molecular complexity index is 973. The Kier molecular flexibility index (Phi) is 5.61. The number of nitrogens with one attached hydrogen (secondary N) is 1. The van der Waals surface area contributed by atoms with E-state index >= 15 is 0 Å². The van der Waals surface area contributed by atoms with E-state index in [9.17, 15) is 14.7 Å². The second kappa shape index (κ2) is 8.56. The standard InChI is InChI=1S/C25H28N2O5/c28-23(29)25(15-17(25)9-10-27-11-13-31-14-12-27)26-24(30)32-16-22-20-7-3-1-5-18(20)19-6-2-4-8-21(19)22/h1-8,17,22H,9-16H2,(H,26,30)(H,28,29)/t17-,25-/m1/s1. The SMILES string of the molecule is O=C(N[C@]1(C(=O)O)C[C@H]1CCN1CCOCC1)OCC1c2ccccc2-c2ccccc21. The van der Waals surface area contributed by atoms with Gasteiger partial charge in [-0.25, -0.2) is 9.59 Å². The summed E-state index contributed by atoms with van der Waals surface area (Å²) in [5.41, 5.74) is 3.36. The second-order valence-electron chi connectivity index (χ2n) is 8.87. The van der Waals surface area contributed by atoms with Crippen LogP contribution in [0.15, 0.2) is 48.5 Å². The lowest BCUT2D eigenvalue weighted by Gasteiger charge is -2.26. The topological polar surface area (TPSA) is 88.1 Å². The number of carbonyl (C=O) groups excluding carboxylic acids is 1. The molecule has 2 atom stereocenters. The first-order valence-electron chi connectivity index (χ1n) is 11.2. The van der Waals surface area contributed by atoms with E-state index in [4.69, 9.17) is 9.47 Å². The molecule has 0 bridgehead atoms. The van der Waals surface area contributed by atoms with Crippen LogP contribution in [0, 0.1) is 5.92 Å². The van der Waals surface area contributed by atoms with Gasteiger partial charge in [0.05, 0.1) is 13.2 Å². The van der Waals surface area contributed by atoms with Crippen molar-refractivity contribution in [2.24, 2.45) is 5.92 Å². The number of amides is 1. The Balaban J connectivity index is 1.20. The zero-order chi connectivity index (χ0) is 22.1. The van der Waals surface area contributed by atoms with Crippen molar-refractivity contribution in [2.45, 2.75) is 24.3 Å². The number of aliphatic carboxylic acids is 1. The number of alkyl carbamates (subject to hydrolysis) is 1. The summed E-state index contributed by atoms with van der Waals surface area (Å²) in [6.45, 7) is 4.15. The molecule has 0 radical (unpaired) electrons. The predicted molar refractivity (Wildman–Crippen MR) is 119 cm³/mol. The van der Waals surface area contributed by atoms with Crippen LogP contribution in [0.25, 0.3) is 11.1 Å². The van der Waals surface area contributed by atoms with Gasteiger partial charge in [0, 0.05) is 19.0 Å². The molecule has 2 aliphatic carbocycles. The largest absolute Gasteiger partial charge is 0.479 e. The van der Waals surface area contributed by atoms with Crippen molar-refractivity contribution < 1.29 is 24.2 Å². The molecule has 1 aliphatic heterocycles. The van der Waals surface area contributed by atoms with Crippen LogP contribution < -0.4 is 5.32 Å². The molecule has 5 rings (SSSR count). The number of morpholine rings is 1. The summed E-state index contributed by atoms with van der Waals surface area (Å²) in [7, 11) is 0. The Hall–Kier alpha value is -2.90. The second-order valence-corrected chi connectivity index (χ2v) is 8.87. The van der Waals surface area contributed by atoms with E-state index in [1.54, 1.807) is 0 Å². The first-order chi connectivity index (χ1) is 15.6. The summed E-state index contributed by atoms with van der Waals surface area (Å²) in [5.74, 6) is -1.12.